The monoisotopic (exact) mass is 244 g/mol. The zero-order chi connectivity index (χ0) is 13.1. The van der Waals surface area contributed by atoms with Crippen molar-refractivity contribution < 1.29 is 23.4 Å². The lowest BCUT2D eigenvalue weighted by molar-refractivity contribution is -0.240. The Morgan fingerprint density at radius 2 is 1.94 bits per heavy atom. The molecule has 92 valence electrons. The Labute approximate surface area is 96.7 Å². The van der Waals surface area contributed by atoms with Gasteiger partial charge >= 0.3 is 6.18 Å². The van der Waals surface area contributed by atoms with Crippen LogP contribution in [-0.4, -0.2) is 16.4 Å². The molecule has 0 radical (unpaired) electrons. The van der Waals surface area contributed by atoms with Crippen molar-refractivity contribution in [3.63, 3.8) is 0 Å². The third kappa shape index (κ3) is 2.60. The highest BCUT2D eigenvalue weighted by atomic mass is 19.4. The van der Waals surface area contributed by atoms with Gasteiger partial charge in [0.05, 0.1) is 6.61 Å². The standard InChI is InChI=1S/C12H11F3O2/c1-2-6-11(17,12(13,14)15)10-5-3-4-9(7-10)8-16/h3-5,7,16-17H,8H2,1H3. The van der Waals surface area contributed by atoms with Gasteiger partial charge in [0.1, 0.15) is 0 Å². The van der Waals surface area contributed by atoms with Gasteiger partial charge in [-0.1, -0.05) is 24.1 Å². The number of alkyl halides is 3. The molecule has 0 spiro atoms. The molecule has 0 saturated carbocycles. The van der Waals surface area contributed by atoms with E-state index in [1.807, 2.05) is 0 Å². The molecular formula is C12H11F3O2. The predicted molar refractivity (Wildman–Crippen MR) is 55.8 cm³/mol. The first kappa shape index (κ1) is 13.6. The SMILES string of the molecule is CC#CC(O)(c1cccc(CO)c1)C(F)(F)F. The maximum atomic E-state index is 12.8. The van der Waals surface area contributed by atoms with Crippen LogP contribution in [-0.2, 0) is 12.2 Å². The van der Waals surface area contributed by atoms with E-state index < -0.39 is 23.9 Å². The fourth-order valence-electron chi connectivity index (χ4n) is 1.38. The number of aliphatic hydroxyl groups is 2. The highest BCUT2D eigenvalue weighted by Crippen LogP contribution is 2.38. The molecule has 2 N–H and O–H groups in total. The molecular weight excluding hydrogens is 233 g/mol. The lowest BCUT2D eigenvalue weighted by Crippen LogP contribution is -2.41. The second-order valence-corrected chi connectivity index (χ2v) is 3.44. The summed E-state index contributed by atoms with van der Waals surface area (Å²) in [6, 6.07) is 4.99. The molecule has 5 heteroatoms. The third-order valence-corrected chi connectivity index (χ3v) is 2.24. The number of halogens is 3. The highest BCUT2D eigenvalue weighted by molar-refractivity contribution is 5.36. The minimum absolute atomic E-state index is 0.281. The largest absolute Gasteiger partial charge is 0.433 e. The van der Waals surface area contributed by atoms with Crippen molar-refractivity contribution in [1.82, 2.24) is 0 Å². The van der Waals surface area contributed by atoms with Gasteiger partial charge in [0.25, 0.3) is 0 Å². The third-order valence-electron chi connectivity index (χ3n) is 2.24. The summed E-state index contributed by atoms with van der Waals surface area (Å²) in [6.07, 6.45) is -4.90. The summed E-state index contributed by atoms with van der Waals surface area (Å²) >= 11 is 0. The minimum atomic E-state index is -4.90. The molecule has 0 aliphatic carbocycles. The molecule has 1 aromatic carbocycles. The Morgan fingerprint density at radius 3 is 2.41 bits per heavy atom. The summed E-state index contributed by atoms with van der Waals surface area (Å²) in [5.41, 5.74) is -3.32. The van der Waals surface area contributed by atoms with Crippen molar-refractivity contribution in [3.05, 3.63) is 35.4 Å². The fraction of sp³-hybridized carbons (Fsp3) is 0.333. The zero-order valence-electron chi connectivity index (χ0n) is 9.04. The first-order valence-corrected chi connectivity index (χ1v) is 4.78. The van der Waals surface area contributed by atoms with Crippen LogP contribution in [0.25, 0.3) is 0 Å². The van der Waals surface area contributed by atoms with E-state index in [-0.39, 0.29) is 5.56 Å². The van der Waals surface area contributed by atoms with Crippen molar-refractivity contribution in [3.8, 4) is 11.8 Å². The summed E-state index contributed by atoms with van der Waals surface area (Å²) in [5, 5.41) is 18.5. The van der Waals surface area contributed by atoms with E-state index in [1.54, 1.807) is 5.92 Å². The van der Waals surface area contributed by atoms with Crippen molar-refractivity contribution >= 4 is 0 Å². The molecule has 2 nitrogen and oxygen atoms in total. The van der Waals surface area contributed by atoms with Crippen LogP contribution in [0.5, 0.6) is 0 Å². The molecule has 17 heavy (non-hydrogen) atoms. The number of benzene rings is 1. The number of aliphatic hydroxyl groups excluding tert-OH is 1. The molecule has 0 amide bonds. The second-order valence-electron chi connectivity index (χ2n) is 3.44. The van der Waals surface area contributed by atoms with Crippen LogP contribution in [0.3, 0.4) is 0 Å². The lowest BCUT2D eigenvalue weighted by Gasteiger charge is -2.26. The highest BCUT2D eigenvalue weighted by Gasteiger charge is 2.54. The van der Waals surface area contributed by atoms with Crippen LogP contribution in [0.15, 0.2) is 24.3 Å². The molecule has 0 aliphatic heterocycles. The smallest absolute Gasteiger partial charge is 0.392 e. The minimum Gasteiger partial charge on any atom is -0.392 e. The summed E-state index contributed by atoms with van der Waals surface area (Å²) in [7, 11) is 0. The van der Waals surface area contributed by atoms with Crippen LogP contribution in [0.4, 0.5) is 13.2 Å². The summed E-state index contributed by atoms with van der Waals surface area (Å²) in [5.74, 6) is 3.83. The van der Waals surface area contributed by atoms with Gasteiger partial charge in [-0.2, -0.15) is 13.2 Å². The zero-order valence-corrected chi connectivity index (χ0v) is 9.04. The topological polar surface area (TPSA) is 40.5 Å². The molecule has 0 saturated heterocycles. The van der Waals surface area contributed by atoms with E-state index in [2.05, 4.69) is 5.92 Å². The van der Waals surface area contributed by atoms with E-state index >= 15 is 0 Å². The molecule has 0 aromatic heterocycles. The first-order valence-electron chi connectivity index (χ1n) is 4.78. The molecule has 0 aliphatic rings. The van der Waals surface area contributed by atoms with E-state index in [4.69, 9.17) is 5.11 Å². The Bertz CT molecular complexity index is 457. The van der Waals surface area contributed by atoms with Gasteiger partial charge < -0.3 is 10.2 Å². The van der Waals surface area contributed by atoms with Crippen molar-refractivity contribution in [1.29, 1.82) is 0 Å². The van der Waals surface area contributed by atoms with E-state index in [1.165, 1.54) is 19.1 Å². The first-order chi connectivity index (χ1) is 7.85. The van der Waals surface area contributed by atoms with Gasteiger partial charge in [0.15, 0.2) is 0 Å². The van der Waals surface area contributed by atoms with Crippen LogP contribution in [0.2, 0.25) is 0 Å². The van der Waals surface area contributed by atoms with Crippen molar-refractivity contribution in [2.24, 2.45) is 0 Å². The summed E-state index contributed by atoms with van der Waals surface area (Å²) < 4.78 is 38.4. The molecule has 0 bridgehead atoms. The van der Waals surface area contributed by atoms with Gasteiger partial charge in [-0.3, -0.25) is 0 Å². The average molecular weight is 244 g/mol. The Balaban J connectivity index is 3.36. The van der Waals surface area contributed by atoms with Crippen LogP contribution in [0, 0.1) is 11.8 Å². The van der Waals surface area contributed by atoms with Gasteiger partial charge in [-0.15, -0.1) is 5.92 Å². The van der Waals surface area contributed by atoms with Crippen molar-refractivity contribution in [2.75, 3.05) is 0 Å². The fourth-order valence-corrected chi connectivity index (χ4v) is 1.38. The van der Waals surface area contributed by atoms with Crippen LogP contribution in [0.1, 0.15) is 18.1 Å². The maximum absolute atomic E-state index is 12.8. The van der Waals surface area contributed by atoms with Gasteiger partial charge in [0.2, 0.25) is 5.60 Å². The van der Waals surface area contributed by atoms with Gasteiger partial charge in [-0.25, -0.2) is 0 Å². The van der Waals surface area contributed by atoms with E-state index in [9.17, 15) is 18.3 Å². The molecule has 1 atom stereocenters. The normalized spacial score (nSPS) is 14.7. The summed E-state index contributed by atoms with van der Waals surface area (Å²) in [4.78, 5) is 0. The predicted octanol–water partition coefficient (Wildman–Crippen LogP) is 1.95. The summed E-state index contributed by atoms with van der Waals surface area (Å²) in [6.45, 7) is 0.813. The maximum Gasteiger partial charge on any atom is 0.433 e. The second kappa shape index (κ2) is 4.78. The molecule has 1 rings (SSSR count). The number of rotatable bonds is 2. The molecule has 0 heterocycles. The lowest BCUT2D eigenvalue weighted by atomic mass is 9.92. The van der Waals surface area contributed by atoms with Crippen LogP contribution < -0.4 is 0 Å². The quantitative estimate of drug-likeness (QED) is 0.781. The number of hydrogen-bond donors (Lipinski definition) is 2. The van der Waals surface area contributed by atoms with Gasteiger partial charge in [-0.05, 0) is 18.6 Å². The van der Waals surface area contributed by atoms with E-state index in [0.717, 1.165) is 12.1 Å². The average Bonchev–Trinajstić information content (AvgIpc) is 2.28. The Morgan fingerprint density at radius 1 is 1.29 bits per heavy atom. The van der Waals surface area contributed by atoms with Crippen LogP contribution >= 0.6 is 0 Å². The van der Waals surface area contributed by atoms with Crippen molar-refractivity contribution in [2.45, 2.75) is 25.3 Å². The van der Waals surface area contributed by atoms with Gasteiger partial charge in [0, 0.05) is 5.56 Å². The Kier molecular flexibility index (Phi) is 3.81. The molecule has 0 fully saturated rings. The molecule has 1 unspecified atom stereocenters. The Hall–Kier alpha value is -1.51. The number of hydrogen-bond acceptors (Lipinski definition) is 2. The molecule has 1 aromatic rings. The van der Waals surface area contributed by atoms with E-state index in [0.29, 0.717) is 0 Å².